The Hall–Kier alpha value is -1.47. The Balaban J connectivity index is 2.02. The molecule has 0 bridgehead atoms. The van der Waals surface area contributed by atoms with Crippen LogP contribution < -0.4 is 4.72 Å². The second-order valence-electron chi connectivity index (χ2n) is 4.97. The average molecular weight is 301 g/mol. The van der Waals surface area contributed by atoms with Gasteiger partial charge < -0.3 is 5.11 Å². The first-order chi connectivity index (χ1) is 9.38. The van der Waals surface area contributed by atoms with Crippen molar-refractivity contribution in [3.8, 4) is 0 Å². The first-order valence-electron chi connectivity index (χ1n) is 6.39. The van der Waals surface area contributed by atoms with Gasteiger partial charge in [-0.05, 0) is 43.9 Å². The molecule has 2 N–H and O–H groups in total. The molecule has 1 aromatic carbocycles. The van der Waals surface area contributed by atoms with E-state index in [4.69, 9.17) is 5.11 Å². The molecule has 0 saturated heterocycles. The summed E-state index contributed by atoms with van der Waals surface area (Å²) in [5.41, 5.74) is 0. The molecule has 5 nitrogen and oxygen atoms in total. The lowest BCUT2D eigenvalue weighted by molar-refractivity contribution is -0.142. The molecule has 0 atom stereocenters. The Kier molecular flexibility index (Phi) is 4.39. The number of carboxylic acids is 1. The van der Waals surface area contributed by atoms with Gasteiger partial charge in [-0.3, -0.25) is 4.79 Å². The lowest BCUT2D eigenvalue weighted by Gasteiger charge is -2.26. The maximum atomic E-state index is 13.1. The predicted octanol–water partition coefficient (Wildman–Crippen LogP) is 1.75. The number of carboxylic acid groups (broad SMARTS) is 1. The molecule has 0 aromatic heterocycles. The van der Waals surface area contributed by atoms with E-state index in [0.29, 0.717) is 25.7 Å². The van der Waals surface area contributed by atoms with Crippen LogP contribution in [0, 0.1) is 11.7 Å². The fourth-order valence-corrected chi connectivity index (χ4v) is 3.72. The minimum Gasteiger partial charge on any atom is -0.481 e. The number of nitrogens with one attached hydrogen (secondary N) is 1. The minimum absolute atomic E-state index is 0.113. The Morgan fingerprint density at radius 2 is 1.90 bits per heavy atom. The highest BCUT2D eigenvalue weighted by molar-refractivity contribution is 7.89. The Labute approximate surface area is 116 Å². The Bertz CT molecular complexity index is 594. The highest BCUT2D eigenvalue weighted by atomic mass is 32.2. The third-order valence-electron chi connectivity index (χ3n) is 3.50. The highest BCUT2D eigenvalue weighted by Gasteiger charge is 2.28. The quantitative estimate of drug-likeness (QED) is 0.887. The molecule has 0 amide bonds. The van der Waals surface area contributed by atoms with Gasteiger partial charge in [-0.2, -0.15) is 0 Å². The summed E-state index contributed by atoms with van der Waals surface area (Å²) in [6.07, 6.45) is 1.86. The normalized spacial score (nSPS) is 23.4. The highest BCUT2D eigenvalue weighted by Crippen LogP contribution is 2.25. The molecule has 0 heterocycles. The van der Waals surface area contributed by atoms with Gasteiger partial charge in [-0.1, -0.05) is 6.07 Å². The molecule has 1 saturated carbocycles. The van der Waals surface area contributed by atoms with Gasteiger partial charge in [0.25, 0.3) is 0 Å². The number of sulfonamides is 1. The van der Waals surface area contributed by atoms with Gasteiger partial charge in [0.05, 0.1) is 10.8 Å². The summed E-state index contributed by atoms with van der Waals surface area (Å²) in [6.45, 7) is 0. The summed E-state index contributed by atoms with van der Waals surface area (Å²) < 4.78 is 39.7. The van der Waals surface area contributed by atoms with Crippen molar-refractivity contribution in [2.75, 3.05) is 0 Å². The molecular weight excluding hydrogens is 285 g/mol. The van der Waals surface area contributed by atoms with Crippen LogP contribution in [0.5, 0.6) is 0 Å². The van der Waals surface area contributed by atoms with Gasteiger partial charge in [0.1, 0.15) is 5.82 Å². The number of benzene rings is 1. The number of hydrogen-bond acceptors (Lipinski definition) is 3. The Morgan fingerprint density at radius 1 is 1.25 bits per heavy atom. The second-order valence-corrected chi connectivity index (χ2v) is 6.68. The van der Waals surface area contributed by atoms with Crippen LogP contribution in [0.25, 0.3) is 0 Å². The van der Waals surface area contributed by atoms with Crippen molar-refractivity contribution in [2.24, 2.45) is 5.92 Å². The van der Waals surface area contributed by atoms with Crippen LogP contribution in [-0.4, -0.2) is 25.5 Å². The van der Waals surface area contributed by atoms with E-state index in [-0.39, 0.29) is 10.9 Å². The molecule has 0 radical (unpaired) electrons. The molecule has 1 aliphatic carbocycles. The number of aliphatic carboxylic acids is 1. The van der Waals surface area contributed by atoms with Crippen molar-refractivity contribution in [1.82, 2.24) is 4.72 Å². The van der Waals surface area contributed by atoms with Gasteiger partial charge in [0.2, 0.25) is 10.0 Å². The molecule has 110 valence electrons. The lowest BCUT2D eigenvalue weighted by atomic mass is 9.87. The molecule has 2 rings (SSSR count). The number of carbonyl (C=O) groups is 1. The van der Waals surface area contributed by atoms with E-state index in [1.54, 1.807) is 0 Å². The molecule has 1 aliphatic rings. The summed E-state index contributed by atoms with van der Waals surface area (Å²) in [5, 5.41) is 8.89. The topological polar surface area (TPSA) is 83.5 Å². The zero-order valence-electron chi connectivity index (χ0n) is 10.8. The number of rotatable bonds is 4. The van der Waals surface area contributed by atoms with Gasteiger partial charge in [-0.25, -0.2) is 17.5 Å². The van der Waals surface area contributed by atoms with Crippen LogP contribution in [0.3, 0.4) is 0 Å². The second kappa shape index (κ2) is 5.88. The molecule has 0 aliphatic heterocycles. The van der Waals surface area contributed by atoms with E-state index in [9.17, 15) is 17.6 Å². The lowest BCUT2D eigenvalue weighted by Crippen LogP contribution is -2.38. The van der Waals surface area contributed by atoms with Crippen molar-refractivity contribution in [1.29, 1.82) is 0 Å². The molecule has 20 heavy (non-hydrogen) atoms. The van der Waals surface area contributed by atoms with Crippen LogP contribution in [-0.2, 0) is 14.8 Å². The van der Waals surface area contributed by atoms with Crippen LogP contribution >= 0.6 is 0 Å². The van der Waals surface area contributed by atoms with E-state index < -0.39 is 27.7 Å². The maximum absolute atomic E-state index is 13.1. The van der Waals surface area contributed by atoms with E-state index >= 15 is 0 Å². The summed E-state index contributed by atoms with van der Waals surface area (Å²) in [5.74, 6) is -1.84. The van der Waals surface area contributed by atoms with E-state index in [2.05, 4.69) is 4.72 Å². The van der Waals surface area contributed by atoms with Crippen molar-refractivity contribution in [3.63, 3.8) is 0 Å². The van der Waals surface area contributed by atoms with E-state index in [1.165, 1.54) is 18.2 Å². The summed E-state index contributed by atoms with van der Waals surface area (Å²) >= 11 is 0. The zero-order valence-corrected chi connectivity index (χ0v) is 11.6. The minimum atomic E-state index is -3.76. The van der Waals surface area contributed by atoms with E-state index in [0.717, 1.165) is 6.07 Å². The fraction of sp³-hybridized carbons (Fsp3) is 0.462. The zero-order chi connectivity index (χ0) is 14.8. The van der Waals surface area contributed by atoms with Crippen molar-refractivity contribution in [2.45, 2.75) is 36.6 Å². The van der Waals surface area contributed by atoms with Crippen LogP contribution in [0.1, 0.15) is 25.7 Å². The summed E-state index contributed by atoms with van der Waals surface area (Å²) in [6, 6.07) is 4.51. The van der Waals surface area contributed by atoms with Crippen LogP contribution in [0.4, 0.5) is 4.39 Å². The first kappa shape index (κ1) is 14.9. The maximum Gasteiger partial charge on any atom is 0.306 e. The van der Waals surface area contributed by atoms with Crippen LogP contribution in [0.15, 0.2) is 29.2 Å². The number of hydrogen-bond donors (Lipinski definition) is 2. The van der Waals surface area contributed by atoms with Gasteiger partial charge in [-0.15, -0.1) is 0 Å². The van der Waals surface area contributed by atoms with Gasteiger partial charge in [0.15, 0.2) is 0 Å². The standard InChI is InChI=1S/C13H16FNO4S/c14-10-2-1-3-12(8-10)20(18,19)15-11-6-4-9(5-7-11)13(16)17/h1-3,8-9,11,15H,4-7H2,(H,16,17). The number of halogens is 1. The third-order valence-corrected chi connectivity index (χ3v) is 5.02. The molecule has 0 spiro atoms. The molecule has 1 fully saturated rings. The Morgan fingerprint density at radius 3 is 2.45 bits per heavy atom. The first-order valence-corrected chi connectivity index (χ1v) is 7.87. The molecule has 0 unspecified atom stereocenters. The molecular formula is C13H16FNO4S. The van der Waals surface area contributed by atoms with Gasteiger partial charge in [0, 0.05) is 6.04 Å². The SMILES string of the molecule is O=C(O)C1CCC(NS(=O)(=O)c2cccc(F)c2)CC1. The molecule has 7 heteroatoms. The van der Waals surface area contributed by atoms with Crippen LogP contribution in [0.2, 0.25) is 0 Å². The average Bonchev–Trinajstić information content (AvgIpc) is 2.39. The third kappa shape index (κ3) is 3.55. The van der Waals surface area contributed by atoms with Crippen molar-refractivity contribution < 1.29 is 22.7 Å². The molecule has 1 aromatic rings. The summed E-state index contributed by atoms with van der Waals surface area (Å²) in [7, 11) is -3.76. The van der Waals surface area contributed by atoms with Crippen molar-refractivity contribution >= 4 is 16.0 Å². The monoisotopic (exact) mass is 301 g/mol. The predicted molar refractivity (Wildman–Crippen MR) is 70.1 cm³/mol. The largest absolute Gasteiger partial charge is 0.481 e. The van der Waals surface area contributed by atoms with Crippen molar-refractivity contribution in [3.05, 3.63) is 30.1 Å². The van der Waals surface area contributed by atoms with Gasteiger partial charge >= 0.3 is 5.97 Å². The fourth-order valence-electron chi connectivity index (χ4n) is 2.38. The summed E-state index contributed by atoms with van der Waals surface area (Å²) in [4.78, 5) is 10.7. The smallest absolute Gasteiger partial charge is 0.306 e. The van der Waals surface area contributed by atoms with E-state index in [1.807, 2.05) is 0 Å².